The molecule has 34 heavy (non-hydrogen) atoms. The Labute approximate surface area is 202 Å². The number of benzene rings is 1. The Kier molecular flexibility index (Phi) is 7.05. The van der Waals surface area contributed by atoms with Gasteiger partial charge in [0.05, 0.1) is 11.3 Å². The number of rotatable bonds is 6. The van der Waals surface area contributed by atoms with Gasteiger partial charge in [0.15, 0.2) is 0 Å². The first-order valence-electron chi connectivity index (χ1n) is 12.2. The summed E-state index contributed by atoms with van der Waals surface area (Å²) in [5.74, 6) is -0.817. The molecule has 0 spiro atoms. The second-order valence-corrected chi connectivity index (χ2v) is 12.3. The normalized spacial score (nSPS) is 27.4. The summed E-state index contributed by atoms with van der Waals surface area (Å²) in [6.45, 7) is 8.56. The summed E-state index contributed by atoms with van der Waals surface area (Å²) in [6, 6.07) is 5.86. The van der Waals surface area contributed by atoms with E-state index in [1.807, 2.05) is 6.92 Å². The molecule has 0 aromatic heterocycles. The summed E-state index contributed by atoms with van der Waals surface area (Å²) in [5, 5.41) is 5.67. The second-order valence-electron chi connectivity index (χ2n) is 10.5. The van der Waals surface area contributed by atoms with E-state index in [1.54, 1.807) is 12.1 Å². The predicted molar refractivity (Wildman–Crippen MR) is 130 cm³/mol. The molecule has 0 radical (unpaired) electrons. The molecule has 1 saturated heterocycles. The number of hydrogen-bond donors (Lipinski definition) is 2. The van der Waals surface area contributed by atoms with Crippen molar-refractivity contribution in [3.63, 3.8) is 0 Å². The number of sulfonamides is 1. The smallest absolute Gasteiger partial charge is 0.264 e. The quantitative estimate of drug-likeness (QED) is 0.641. The van der Waals surface area contributed by atoms with Crippen LogP contribution < -0.4 is 10.6 Å². The molecule has 1 aromatic rings. The van der Waals surface area contributed by atoms with Gasteiger partial charge in [0, 0.05) is 24.5 Å². The Morgan fingerprint density at radius 3 is 2.47 bits per heavy atom. The fraction of sp³-hybridized carbons (Fsp3) is 0.600. The maximum absolute atomic E-state index is 13.2. The molecule has 2 fully saturated rings. The number of hydrogen-bond acceptors (Lipinski definition) is 5. The zero-order valence-electron chi connectivity index (χ0n) is 20.3. The van der Waals surface area contributed by atoms with Crippen molar-refractivity contribution >= 4 is 21.8 Å². The first-order chi connectivity index (χ1) is 16.1. The zero-order chi connectivity index (χ0) is 24.5. The molecule has 2 N–H and O–H groups in total. The van der Waals surface area contributed by atoms with Crippen LogP contribution in [-0.4, -0.2) is 60.7 Å². The number of aryl methyl sites for hydroxylation is 1. The topological polar surface area (TPSA) is 98.8 Å². The minimum absolute atomic E-state index is 0.0109. The lowest BCUT2D eigenvalue weighted by Crippen LogP contribution is -2.55. The van der Waals surface area contributed by atoms with Crippen molar-refractivity contribution in [2.75, 3.05) is 13.1 Å². The fourth-order valence-corrected chi connectivity index (χ4v) is 6.94. The second kappa shape index (κ2) is 9.70. The highest BCUT2D eigenvalue weighted by Gasteiger charge is 2.41. The van der Waals surface area contributed by atoms with E-state index in [2.05, 4.69) is 29.4 Å². The molecular formula is C25H36N4O4S. The number of nitrogens with one attached hydrogen (secondary N) is 2. The van der Waals surface area contributed by atoms with E-state index in [-0.39, 0.29) is 28.7 Å². The fourth-order valence-electron chi connectivity index (χ4n) is 5.49. The molecule has 0 bridgehead atoms. The molecule has 2 heterocycles. The number of nitrogens with zero attached hydrogens (tertiary/aromatic N) is 2. The SMILES string of the molecule is Cc1ccc(S(=O)(=O)N2C=CNC(=O)[C@H]2CC(=O)N[C@@H]2CCC(N3CCCC3)CC2(C)C)cc1. The Hall–Kier alpha value is -2.39. The highest BCUT2D eigenvalue weighted by Crippen LogP contribution is 2.39. The molecule has 3 atom stereocenters. The largest absolute Gasteiger partial charge is 0.353 e. The number of likely N-dealkylation sites (tertiary alicyclic amines) is 1. The van der Waals surface area contributed by atoms with Crippen molar-refractivity contribution in [1.29, 1.82) is 0 Å². The molecule has 9 heteroatoms. The first-order valence-corrected chi connectivity index (χ1v) is 13.6. The van der Waals surface area contributed by atoms with Crippen molar-refractivity contribution in [1.82, 2.24) is 19.8 Å². The Morgan fingerprint density at radius 1 is 1.15 bits per heavy atom. The molecule has 186 valence electrons. The van der Waals surface area contributed by atoms with Crippen LogP contribution in [0.25, 0.3) is 0 Å². The van der Waals surface area contributed by atoms with Crippen LogP contribution in [0.4, 0.5) is 0 Å². The van der Waals surface area contributed by atoms with Gasteiger partial charge in [-0.3, -0.25) is 13.9 Å². The Bertz CT molecular complexity index is 1050. The summed E-state index contributed by atoms with van der Waals surface area (Å²) in [7, 11) is -3.98. The van der Waals surface area contributed by atoms with Gasteiger partial charge >= 0.3 is 0 Å². The van der Waals surface area contributed by atoms with Crippen molar-refractivity contribution in [2.24, 2.45) is 5.41 Å². The summed E-state index contributed by atoms with van der Waals surface area (Å²) >= 11 is 0. The molecule has 1 saturated carbocycles. The molecule has 2 amide bonds. The molecule has 4 rings (SSSR count). The van der Waals surface area contributed by atoms with Gasteiger partial charge in [-0.1, -0.05) is 31.5 Å². The molecule has 2 aliphatic heterocycles. The third-order valence-corrected chi connectivity index (χ3v) is 9.32. The lowest BCUT2D eigenvalue weighted by Gasteiger charge is -2.45. The lowest BCUT2D eigenvalue weighted by atomic mass is 9.70. The number of carbonyl (C=O) groups excluding carboxylic acids is 2. The van der Waals surface area contributed by atoms with Crippen LogP contribution >= 0.6 is 0 Å². The molecule has 1 aromatic carbocycles. The summed E-state index contributed by atoms with van der Waals surface area (Å²) < 4.78 is 27.5. The highest BCUT2D eigenvalue weighted by molar-refractivity contribution is 7.89. The van der Waals surface area contributed by atoms with Gasteiger partial charge in [0.1, 0.15) is 6.04 Å². The Morgan fingerprint density at radius 2 is 1.82 bits per heavy atom. The van der Waals surface area contributed by atoms with Gasteiger partial charge in [-0.05, 0) is 69.7 Å². The molecule has 8 nitrogen and oxygen atoms in total. The van der Waals surface area contributed by atoms with Crippen LogP contribution in [-0.2, 0) is 19.6 Å². The van der Waals surface area contributed by atoms with Crippen LogP contribution in [0, 0.1) is 12.3 Å². The number of carbonyl (C=O) groups is 2. The maximum Gasteiger partial charge on any atom is 0.264 e. The van der Waals surface area contributed by atoms with E-state index in [0.29, 0.717) is 6.04 Å². The van der Waals surface area contributed by atoms with Gasteiger partial charge in [-0.15, -0.1) is 0 Å². The zero-order valence-corrected chi connectivity index (χ0v) is 21.1. The van der Waals surface area contributed by atoms with E-state index in [1.165, 1.54) is 37.4 Å². The molecular weight excluding hydrogens is 452 g/mol. The average molecular weight is 489 g/mol. The Balaban J connectivity index is 1.44. The first kappa shape index (κ1) is 24.7. The molecule has 1 unspecified atom stereocenters. The van der Waals surface area contributed by atoms with Gasteiger partial charge < -0.3 is 15.5 Å². The standard InChI is InChI=1S/C25H36N4O4S/c1-18-6-9-20(10-7-18)34(32,33)29-15-12-26-24(31)21(29)16-23(30)27-22-11-8-19(17-25(22,2)3)28-13-4-5-14-28/h6-7,9-10,12,15,19,21-22H,4-5,8,11,13-14,16-17H2,1-3H3,(H,26,31)(H,27,30)/t19?,21-,22-/m1/s1. The van der Waals surface area contributed by atoms with Crippen LogP contribution in [0.5, 0.6) is 0 Å². The van der Waals surface area contributed by atoms with E-state index in [9.17, 15) is 18.0 Å². The predicted octanol–water partition coefficient (Wildman–Crippen LogP) is 2.50. The third kappa shape index (κ3) is 5.15. The minimum Gasteiger partial charge on any atom is -0.353 e. The van der Waals surface area contributed by atoms with Crippen molar-refractivity contribution in [3.8, 4) is 0 Å². The maximum atomic E-state index is 13.2. The van der Waals surface area contributed by atoms with Crippen LogP contribution in [0.3, 0.4) is 0 Å². The van der Waals surface area contributed by atoms with Gasteiger partial charge in [-0.25, -0.2) is 8.42 Å². The van der Waals surface area contributed by atoms with Crippen LogP contribution in [0.15, 0.2) is 41.6 Å². The summed E-state index contributed by atoms with van der Waals surface area (Å²) in [4.78, 5) is 28.3. The van der Waals surface area contributed by atoms with E-state index in [0.717, 1.165) is 42.2 Å². The van der Waals surface area contributed by atoms with Crippen LogP contribution in [0.1, 0.15) is 57.9 Å². The van der Waals surface area contributed by atoms with Gasteiger partial charge in [-0.2, -0.15) is 0 Å². The summed E-state index contributed by atoms with van der Waals surface area (Å²) in [5.41, 5.74) is 0.854. The van der Waals surface area contributed by atoms with Gasteiger partial charge in [0.25, 0.3) is 10.0 Å². The monoisotopic (exact) mass is 488 g/mol. The lowest BCUT2D eigenvalue weighted by molar-refractivity contribution is -0.130. The van der Waals surface area contributed by atoms with Gasteiger partial charge in [0.2, 0.25) is 11.8 Å². The molecule has 3 aliphatic rings. The highest BCUT2D eigenvalue weighted by atomic mass is 32.2. The van der Waals surface area contributed by atoms with Crippen molar-refractivity contribution in [3.05, 3.63) is 42.2 Å². The van der Waals surface area contributed by atoms with Crippen molar-refractivity contribution in [2.45, 2.75) is 82.3 Å². The van der Waals surface area contributed by atoms with E-state index in [4.69, 9.17) is 0 Å². The van der Waals surface area contributed by atoms with E-state index < -0.39 is 22.0 Å². The average Bonchev–Trinajstić information content (AvgIpc) is 3.31. The number of amides is 2. The van der Waals surface area contributed by atoms with E-state index >= 15 is 0 Å². The summed E-state index contributed by atoms with van der Waals surface area (Å²) in [6.07, 6.45) is 7.83. The van der Waals surface area contributed by atoms with Crippen molar-refractivity contribution < 1.29 is 18.0 Å². The minimum atomic E-state index is -3.98. The van der Waals surface area contributed by atoms with Crippen LogP contribution in [0.2, 0.25) is 0 Å². The molecule has 1 aliphatic carbocycles. The third-order valence-electron chi connectivity index (χ3n) is 7.52.